The lowest BCUT2D eigenvalue weighted by Crippen LogP contribution is -2.75. The number of rotatable bonds is 2. The van der Waals surface area contributed by atoms with Crippen LogP contribution in [0.2, 0.25) is 0 Å². The van der Waals surface area contributed by atoms with Crippen LogP contribution in [0.1, 0.15) is 13.8 Å². The number of methoxy groups -OCH3 is 1. The first-order valence-electron chi connectivity index (χ1n) is 6.63. The second-order valence-corrected chi connectivity index (χ2v) is 5.27. The van der Waals surface area contributed by atoms with Gasteiger partial charge in [0.25, 0.3) is 5.91 Å². The molecule has 5 heteroatoms. The molecule has 2 aliphatic heterocycles. The van der Waals surface area contributed by atoms with Crippen LogP contribution < -0.4 is 15.0 Å². The molecule has 0 aliphatic carbocycles. The molecule has 2 heterocycles. The molecule has 3 atom stereocenters. The zero-order chi connectivity index (χ0) is 14.4. The summed E-state index contributed by atoms with van der Waals surface area (Å²) in [5.41, 5.74) is 2.56. The number of carbonyl (C=O) groups excluding carboxylic acids is 1. The Labute approximate surface area is 117 Å². The number of nitrogens with one attached hydrogen (secondary N) is 1. The summed E-state index contributed by atoms with van der Waals surface area (Å²) in [6, 6.07) is 6.73. The summed E-state index contributed by atoms with van der Waals surface area (Å²) in [5, 5.41) is 13.5. The number of hydrogen-bond acceptors (Lipinski definition) is 4. The van der Waals surface area contributed by atoms with Crippen molar-refractivity contribution in [3.8, 4) is 5.75 Å². The number of nitrogens with zero attached hydrogens (tertiary/aromatic N) is 1. The van der Waals surface area contributed by atoms with E-state index in [4.69, 9.17) is 4.74 Å². The minimum absolute atomic E-state index is 0.00827. The smallest absolute Gasteiger partial charge is 0.252 e. The summed E-state index contributed by atoms with van der Waals surface area (Å²) in [7, 11) is 1.60. The van der Waals surface area contributed by atoms with Gasteiger partial charge < -0.3 is 20.1 Å². The van der Waals surface area contributed by atoms with Gasteiger partial charge in [0, 0.05) is 11.4 Å². The van der Waals surface area contributed by atoms with Gasteiger partial charge >= 0.3 is 0 Å². The van der Waals surface area contributed by atoms with Gasteiger partial charge in [-0.3, -0.25) is 4.79 Å². The monoisotopic (exact) mass is 274 g/mol. The molecule has 5 nitrogen and oxygen atoms in total. The maximum Gasteiger partial charge on any atom is 0.252 e. The normalized spacial score (nSPS) is 28.7. The van der Waals surface area contributed by atoms with Crippen LogP contribution in [-0.2, 0) is 4.79 Å². The van der Waals surface area contributed by atoms with Crippen molar-refractivity contribution < 1.29 is 14.6 Å². The van der Waals surface area contributed by atoms with Gasteiger partial charge in [0.05, 0.1) is 13.2 Å². The highest BCUT2D eigenvalue weighted by Gasteiger charge is 2.54. The molecule has 0 bridgehead atoms. The van der Waals surface area contributed by atoms with Crippen molar-refractivity contribution in [2.24, 2.45) is 0 Å². The van der Waals surface area contributed by atoms with Crippen LogP contribution in [0.4, 0.5) is 5.69 Å². The number of aliphatic hydroxyl groups is 1. The van der Waals surface area contributed by atoms with Gasteiger partial charge in [0.1, 0.15) is 17.9 Å². The van der Waals surface area contributed by atoms with Crippen LogP contribution >= 0.6 is 0 Å². The highest BCUT2D eigenvalue weighted by Crippen LogP contribution is 2.36. The summed E-state index contributed by atoms with van der Waals surface area (Å²) < 4.78 is 5.11. The van der Waals surface area contributed by atoms with Crippen molar-refractivity contribution in [1.82, 2.24) is 5.32 Å². The largest absolute Gasteiger partial charge is 0.497 e. The molecule has 0 saturated carbocycles. The minimum Gasteiger partial charge on any atom is -0.497 e. The Bertz CT molecular complexity index is 579. The van der Waals surface area contributed by atoms with Gasteiger partial charge in [-0.1, -0.05) is 0 Å². The van der Waals surface area contributed by atoms with E-state index in [1.807, 2.05) is 38.1 Å². The van der Waals surface area contributed by atoms with Crippen molar-refractivity contribution in [2.75, 3.05) is 12.0 Å². The van der Waals surface area contributed by atoms with Crippen LogP contribution in [0.5, 0.6) is 5.75 Å². The molecule has 1 aromatic carbocycles. The molecule has 20 heavy (non-hydrogen) atoms. The number of β-lactam (4-membered cyclic amide) rings is 1. The average molecular weight is 274 g/mol. The molecule has 3 rings (SSSR count). The molecule has 0 radical (unpaired) electrons. The van der Waals surface area contributed by atoms with Crippen LogP contribution in [0, 0.1) is 0 Å². The third-order valence-corrected chi connectivity index (χ3v) is 4.22. The molecule has 0 unspecified atom stereocenters. The number of carbonyl (C=O) groups is 1. The molecular weight excluding hydrogens is 256 g/mol. The number of anilines is 1. The molecule has 106 valence electrons. The van der Waals surface area contributed by atoms with Gasteiger partial charge in [-0.15, -0.1) is 0 Å². The maximum absolute atomic E-state index is 12.2. The van der Waals surface area contributed by atoms with Crippen molar-refractivity contribution in [3.05, 3.63) is 35.5 Å². The van der Waals surface area contributed by atoms with Gasteiger partial charge in [-0.05, 0) is 43.7 Å². The Kier molecular flexibility index (Phi) is 2.94. The van der Waals surface area contributed by atoms with E-state index < -0.39 is 6.10 Å². The summed E-state index contributed by atoms with van der Waals surface area (Å²) in [5.74, 6) is 0.735. The molecule has 1 fully saturated rings. The Balaban J connectivity index is 1.90. The molecule has 0 spiro atoms. The molecule has 2 aliphatic rings. The van der Waals surface area contributed by atoms with Crippen molar-refractivity contribution in [1.29, 1.82) is 0 Å². The molecule has 1 saturated heterocycles. The number of amides is 1. The third kappa shape index (κ3) is 1.70. The van der Waals surface area contributed by atoms with Gasteiger partial charge in [0.2, 0.25) is 0 Å². The lowest BCUT2D eigenvalue weighted by atomic mass is 9.82. The fraction of sp³-hybridized carbons (Fsp3) is 0.400. The van der Waals surface area contributed by atoms with E-state index in [9.17, 15) is 9.90 Å². The third-order valence-electron chi connectivity index (χ3n) is 4.22. The lowest BCUT2D eigenvalue weighted by molar-refractivity contribution is -0.129. The summed E-state index contributed by atoms with van der Waals surface area (Å²) >= 11 is 0. The van der Waals surface area contributed by atoms with E-state index in [1.54, 1.807) is 12.0 Å². The Morgan fingerprint density at radius 2 is 1.90 bits per heavy atom. The first-order valence-corrected chi connectivity index (χ1v) is 6.63. The fourth-order valence-corrected chi connectivity index (χ4v) is 2.85. The number of fused-ring (bicyclic) bond motifs is 1. The number of aliphatic hydroxyl groups excluding tert-OH is 1. The first-order chi connectivity index (χ1) is 9.54. The Morgan fingerprint density at radius 1 is 1.25 bits per heavy atom. The van der Waals surface area contributed by atoms with E-state index in [1.165, 1.54) is 0 Å². The highest BCUT2D eigenvalue weighted by molar-refractivity contribution is 6.06. The van der Waals surface area contributed by atoms with Crippen LogP contribution in [-0.4, -0.2) is 36.3 Å². The van der Waals surface area contributed by atoms with E-state index in [-0.39, 0.29) is 18.0 Å². The second-order valence-electron chi connectivity index (χ2n) is 5.27. The standard InChI is InChI=1S/C15H18N2O3/c1-8-9(2)16-12-13(14(8)18)17(15(12)19)10-4-6-11(20-3)7-5-10/h4-7,12-14,16,18H,1-3H3/t12-,13-,14-/m1/s1. The quantitative estimate of drug-likeness (QED) is 0.791. The number of allylic oxidation sites excluding steroid dienone is 1. The van der Waals surface area contributed by atoms with Crippen LogP contribution in [0.25, 0.3) is 0 Å². The second kappa shape index (κ2) is 4.52. The Morgan fingerprint density at radius 3 is 2.50 bits per heavy atom. The molecule has 0 aromatic heterocycles. The summed E-state index contributed by atoms with van der Waals surface area (Å²) in [6.07, 6.45) is -0.624. The molecule has 1 aromatic rings. The number of benzene rings is 1. The van der Waals surface area contributed by atoms with E-state index in [0.29, 0.717) is 0 Å². The predicted octanol–water partition coefficient (Wildman–Crippen LogP) is 1.04. The highest BCUT2D eigenvalue weighted by atomic mass is 16.5. The number of hydrogen-bond donors (Lipinski definition) is 2. The maximum atomic E-state index is 12.2. The van der Waals surface area contributed by atoms with Crippen LogP contribution in [0.15, 0.2) is 35.5 Å². The lowest BCUT2D eigenvalue weighted by Gasteiger charge is -2.52. The Hall–Kier alpha value is -2.01. The fourth-order valence-electron chi connectivity index (χ4n) is 2.85. The first kappa shape index (κ1) is 13.0. The number of ether oxygens (including phenoxy) is 1. The predicted molar refractivity (Wildman–Crippen MR) is 75.6 cm³/mol. The SMILES string of the molecule is COc1ccc(N2C(=O)[C@@H]3NC(C)=C(C)[C@@H](O)[C@@H]32)cc1. The molecular formula is C15H18N2O3. The summed E-state index contributed by atoms with van der Waals surface area (Å²) in [4.78, 5) is 13.9. The molecule has 1 amide bonds. The van der Waals surface area contributed by atoms with Gasteiger partial charge in [0.15, 0.2) is 0 Å². The topological polar surface area (TPSA) is 61.8 Å². The summed E-state index contributed by atoms with van der Waals surface area (Å²) in [6.45, 7) is 3.77. The zero-order valence-electron chi connectivity index (χ0n) is 11.8. The van der Waals surface area contributed by atoms with Crippen molar-refractivity contribution >= 4 is 11.6 Å². The zero-order valence-corrected chi connectivity index (χ0v) is 11.8. The van der Waals surface area contributed by atoms with E-state index in [2.05, 4.69) is 5.32 Å². The average Bonchev–Trinajstić information content (AvgIpc) is 2.47. The van der Waals surface area contributed by atoms with Crippen molar-refractivity contribution in [3.63, 3.8) is 0 Å². The molecule has 2 N–H and O–H groups in total. The van der Waals surface area contributed by atoms with Crippen molar-refractivity contribution in [2.45, 2.75) is 32.0 Å². The van der Waals surface area contributed by atoms with E-state index in [0.717, 1.165) is 22.7 Å². The van der Waals surface area contributed by atoms with Crippen LogP contribution in [0.3, 0.4) is 0 Å². The minimum atomic E-state index is -0.624. The van der Waals surface area contributed by atoms with E-state index >= 15 is 0 Å². The van der Waals surface area contributed by atoms with Gasteiger partial charge in [-0.2, -0.15) is 0 Å². The van der Waals surface area contributed by atoms with Gasteiger partial charge in [-0.25, -0.2) is 0 Å².